The summed E-state index contributed by atoms with van der Waals surface area (Å²) in [5.74, 6) is 0. The maximum absolute atomic E-state index is 4.49. The fourth-order valence-electron chi connectivity index (χ4n) is 2.28. The number of halogens is 2. The van der Waals surface area contributed by atoms with Crippen molar-refractivity contribution in [2.75, 3.05) is 13.1 Å². The van der Waals surface area contributed by atoms with E-state index in [1.54, 1.807) is 0 Å². The van der Waals surface area contributed by atoms with Crippen LogP contribution in [0.25, 0.3) is 10.6 Å². The van der Waals surface area contributed by atoms with E-state index < -0.39 is 0 Å². The van der Waals surface area contributed by atoms with E-state index in [0.717, 1.165) is 37.3 Å². The molecule has 0 radical (unpaired) electrons. The Morgan fingerprint density at radius 2 is 0.963 bits per heavy atom. The van der Waals surface area contributed by atoms with Gasteiger partial charge in [0, 0.05) is 0 Å². The fraction of sp³-hybridized carbons (Fsp3) is 0.455. The number of hydrogen-bond acceptors (Lipinski definition) is 0. The first-order valence-corrected chi connectivity index (χ1v) is 8.98. The van der Waals surface area contributed by atoms with Crippen molar-refractivity contribution in [1.29, 1.82) is 0 Å². The van der Waals surface area contributed by atoms with Crippen molar-refractivity contribution in [1.82, 2.24) is 0 Å². The number of aryl methyl sites for hydroxylation is 2. The van der Waals surface area contributed by atoms with Gasteiger partial charge in [0.15, 0.2) is 0 Å². The van der Waals surface area contributed by atoms with Crippen LogP contribution >= 0.6 is 0 Å². The van der Waals surface area contributed by atoms with E-state index in [9.17, 15) is 0 Å². The number of rotatable bonds is 6. The Labute approximate surface area is 194 Å². The van der Waals surface area contributed by atoms with E-state index >= 15 is 0 Å². The van der Waals surface area contributed by atoms with E-state index in [2.05, 4.69) is 88.6 Å². The van der Waals surface area contributed by atoms with Crippen LogP contribution in [0.4, 0.5) is 11.4 Å². The monoisotopic (exact) mass is 442 g/mol. The zero-order valence-corrected chi connectivity index (χ0v) is 20.5. The largest absolute Gasteiger partial charge is 4.00 e. The molecule has 0 unspecified atom stereocenters. The van der Waals surface area contributed by atoms with Gasteiger partial charge in [-0.25, -0.2) is 0 Å². The van der Waals surface area contributed by atoms with E-state index in [-0.39, 0.29) is 46.5 Å². The maximum atomic E-state index is 4.49. The van der Waals surface area contributed by atoms with Gasteiger partial charge in [-0.15, -0.1) is 24.5 Å². The summed E-state index contributed by atoms with van der Waals surface area (Å²) in [5.41, 5.74) is 7.57. The topological polar surface area (TPSA) is 28.2 Å². The molecule has 27 heavy (non-hydrogen) atoms. The Morgan fingerprint density at radius 3 is 1.26 bits per heavy atom. The maximum Gasteiger partial charge on any atom is 4.00 e. The van der Waals surface area contributed by atoms with Crippen LogP contribution in [0.5, 0.6) is 0 Å². The smallest absolute Gasteiger partial charge is 1.00 e. The van der Waals surface area contributed by atoms with Crippen molar-refractivity contribution in [2.45, 2.75) is 54.4 Å². The first kappa shape index (κ1) is 31.0. The second kappa shape index (κ2) is 17.4. The van der Waals surface area contributed by atoms with Gasteiger partial charge >= 0.3 is 21.7 Å². The van der Waals surface area contributed by atoms with Gasteiger partial charge in [0.1, 0.15) is 0 Å². The van der Waals surface area contributed by atoms with Crippen molar-refractivity contribution in [3.63, 3.8) is 0 Å². The van der Waals surface area contributed by atoms with Gasteiger partial charge in [0.05, 0.1) is 0 Å². The molecule has 2 aromatic carbocycles. The van der Waals surface area contributed by atoms with Crippen molar-refractivity contribution in [3.05, 3.63) is 69.3 Å². The summed E-state index contributed by atoms with van der Waals surface area (Å²) in [5, 5.41) is 8.97. The molecule has 0 atom stereocenters. The van der Waals surface area contributed by atoms with Gasteiger partial charge in [-0.3, -0.25) is 0 Å². The Balaban J connectivity index is -0.000000384. The minimum Gasteiger partial charge on any atom is -1.00 e. The summed E-state index contributed by atoms with van der Waals surface area (Å²) in [7, 11) is 0. The summed E-state index contributed by atoms with van der Waals surface area (Å²) in [6.07, 6.45) is 2.24. The number of benzene rings is 2. The molecule has 0 aliphatic heterocycles. The zero-order valence-electron chi connectivity index (χ0n) is 17.4. The van der Waals surface area contributed by atoms with Crippen LogP contribution in [0.2, 0.25) is 0 Å². The molecule has 0 N–H and O–H groups in total. The molecule has 0 bridgehead atoms. The summed E-state index contributed by atoms with van der Waals surface area (Å²) >= 11 is 0. The van der Waals surface area contributed by atoms with Crippen molar-refractivity contribution < 1.29 is 46.5 Å². The number of nitrogens with zero attached hydrogens (tertiary/aromatic N) is 2. The fourth-order valence-corrected chi connectivity index (χ4v) is 2.28. The SMILES string of the molecule is CCC[N-]c1cccc(C)c1C.CCC[N-]c1cccc(C)c1C.[Cl-].[Cl-].[Ti+4]. The number of hydrogen-bond donors (Lipinski definition) is 0. The van der Waals surface area contributed by atoms with Crippen LogP contribution < -0.4 is 24.8 Å². The Kier molecular flexibility index (Phi) is 20.0. The summed E-state index contributed by atoms with van der Waals surface area (Å²) < 4.78 is 0. The molecule has 0 aliphatic carbocycles. The van der Waals surface area contributed by atoms with Crippen molar-refractivity contribution in [3.8, 4) is 0 Å². The van der Waals surface area contributed by atoms with Crippen LogP contribution in [-0.2, 0) is 21.7 Å². The molecule has 0 saturated carbocycles. The molecule has 148 valence electrons. The van der Waals surface area contributed by atoms with Crippen molar-refractivity contribution >= 4 is 11.4 Å². The third-order valence-corrected chi connectivity index (χ3v) is 4.16. The van der Waals surface area contributed by atoms with E-state index in [4.69, 9.17) is 0 Å². The molecule has 0 heterocycles. The van der Waals surface area contributed by atoms with E-state index in [1.165, 1.54) is 22.3 Å². The van der Waals surface area contributed by atoms with Crippen LogP contribution in [0.1, 0.15) is 48.9 Å². The van der Waals surface area contributed by atoms with Crippen LogP contribution in [0.15, 0.2) is 36.4 Å². The van der Waals surface area contributed by atoms with E-state index in [1.807, 2.05) is 0 Å². The first-order valence-electron chi connectivity index (χ1n) is 8.98. The van der Waals surface area contributed by atoms with Crippen LogP contribution in [0, 0.1) is 27.7 Å². The van der Waals surface area contributed by atoms with Crippen LogP contribution in [0.3, 0.4) is 0 Å². The normalized spacial score (nSPS) is 8.81. The van der Waals surface area contributed by atoms with Gasteiger partial charge in [-0.2, -0.15) is 0 Å². The Hall–Kier alpha value is -0.666. The molecular formula is C22H32Cl2N2Ti. The molecule has 2 rings (SSSR count). The predicted molar refractivity (Wildman–Crippen MR) is 108 cm³/mol. The molecule has 0 aromatic heterocycles. The summed E-state index contributed by atoms with van der Waals surface area (Å²) in [4.78, 5) is 0. The van der Waals surface area contributed by atoms with Gasteiger partial charge in [0.25, 0.3) is 0 Å². The first-order chi connectivity index (χ1) is 11.5. The quantitative estimate of drug-likeness (QED) is 0.605. The molecule has 0 aliphatic rings. The second-order valence-corrected chi connectivity index (χ2v) is 6.20. The molecule has 2 nitrogen and oxygen atoms in total. The average Bonchev–Trinajstić information content (AvgIpc) is 2.58. The third-order valence-electron chi connectivity index (χ3n) is 4.16. The summed E-state index contributed by atoms with van der Waals surface area (Å²) in [6.45, 7) is 14.7. The second-order valence-electron chi connectivity index (χ2n) is 6.20. The Morgan fingerprint density at radius 1 is 0.630 bits per heavy atom. The molecule has 0 spiro atoms. The minimum atomic E-state index is 0. The minimum absolute atomic E-state index is 0. The van der Waals surface area contributed by atoms with Gasteiger partial charge in [0.2, 0.25) is 0 Å². The van der Waals surface area contributed by atoms with Crippen LogP contribution in [-0.4, -0.2) is 13.1 Å². The molecule has 0 amide bonds. The van der Waals surface area contributed by atoms with Gasteiger partial charge in [-0.1, -0.05) is 74.2 Å². The molecular weight excluding hydrogens is 411 g/mol. The average molecular weight is 443 g/mol. The van der Waals surface area contributed by atoms with Gasteiger partial charge < -0.3 is 35.4 Å². The molecule has 5 heteroatoms. The third kappa shape index (κ3) is 11.0. The van der Waals surface area contributed by atoms with E-state index in [0.29, 0.717) is 0 Å². The Bertz CT molecular complexity index is 578. The molecule has 2 aromatic rings. The predicted octanol–water partition coefficient (Wildman–Crippen LogP) is 1.44. The van der Waals surface area contributed by atoms with Crippen molar-refractivity contribution in [2.24, 2.45) is 0 Å². The molecule has 0 saturated heterocycles. The zero-order chi connectivity index (χ0) is 17.9. The summed E-state index contributed by atoms with van der Waals surface area (Å²) in [6, 6.07) is 12.5. The molecule has 0 fully saturated rings. The standard InChI is InChI=1S/2C11H16N.2ClH.Ti/c2*1-4-8-12-11-7-5-6-9(2)10(11)3;;;/h2*5-7H,4,8H2,1-3H3;2*1H;/q2*-1;;;+4/p-2. The van der Waals surface area contributed by atoms with Gasteiger partial charge in [-0.05, 0) is 38.8 Å².